The fourth-order valence-corrected chi connectivity index (χ4v) is 4.17. The molecule has 0 radical (unpaired) electrons. The van der Waals surface area contributed by atoms with Gasteiger partial charge in [-0.1, -0.05) is 45.4 Å². The van der Waals surface area contributed by atoms with Gasteiger partial charge in [-0.3, -0.25) is 10.1 Å². The lowest BCUT2D eigenvalue weighted by molar-refractivity contribution is -0.384. The van der Waals surface area contributed by atoms with E-state index < -0.39 is 11.0 Å². The summed E-state index contributed by atoms with van der Waals surface area (Å²) in [6.07, 6.45) is 11.3. The van der Waals surface area contributed by atoms with Gasteiger partial charge in [0.15, 0.2) is 0 Å². The molecule has 1 saturated carbocycles. The van der Waals surface area contributed by atoms with Crippen LogP contribution in [0.25, 0.3) is 0 Å². The average molecular weight is 527 g/mol. The van der Waals surface area contributed by atoms with Crippen LogP contribution in [0.5, 0.6) is 17.2 Å². The number of nitrogens with zero attached hydrogens (tertiary/aromatic N) is 2. The van der Waals surface area contributed by atoms with E-state index in [-0.39, 0.29) is 24.9 Å². The van der Waals surface area contributed by atoms with Crippen molar-refractivity contribution in [2.75, 3.05) is 19.8 Å². The maximum Gasteiger partial charge on any atom is 0.335 e. The highest BCUT2D eigenvalue weighted by Gasteiger charge is 2.15. The summed E-state index contributed by atoms with van der Waals surface area (Å²) < 4.78 is 17.3. The molecule has 0 heterocycles. The van der Waals surface area contributed by atoms with E-state index in [9.17, 15) is 14.9 Å². The van der Waals surface area contributed by atoms with E-state index in [1.807, 2.05) is 24.3 Å². The molecule has 2 aromatic carbocycles. The van der Waals surface area contributed by atoms with Crippen LogP contribution in [0.1, 0.15) is 70.3 Å². The molecule has 10 nitrogen and oxygen atoms in total. The lowest BCUT2D eigenvalue weighted by Crippen LogP contribution is -2.41. The second-order valence-electron chi connectivity index (χ2n) is 9.24. The molecule has 2 aromatic rings. The largest absolute Gasteiger partial charge is 0.494 e. The lowest BCUT2D eigenvalue weighted by Gasteiger charge is -2.22. The summed E-state index contributed by atoms with van der Waals surface area (Å²) in [5.41, 5.74) is 2.70. The predicted octanol–water partition coefficient (Wildman–Crippen LogP) is 5.98. The summed E-state index contributed by atoms with van der Waals surface area (Å²) in [5.74, 6) is 1.88. The van der Waals surface area contributed by atoms with Crippen LogP contribution in [-0.4, -0.2) is 43.0 Å². The van der Waals surface area contributed by atoms with Gasteiger partial charge in [0.2, 0.25) is 0 Å². The number of carbonyl (C=O) groups excluding carboxylic acids is 1. The zero-order valence-electron chi connectivity index (χ0n) is 22.0. The molecule has 0 bridgehead atoms. The third-order valence-electron chi connectivity index (χ3n) is 6.21. The Kier molecular flexibility index (Phi) is 12.2. The highest BCUT2D eigenvalue weighted by atomic mass is 16.6. The first kappa shape index (κ1) is 28.7. The molecular formula is C28H38N4O6. The second kappa shape index (κ2) is 16.1. The number of amides is 2. The number of non-ortho nitro benzene ring substituents is 1. The van der Waals surface area contributed by atoms with Crippen molar-refractivity contribution in [3.05, 3.63) is 58.1 Å². The minimum Gasteiger partial charge on any atom is -0.494 e. The third kappa shape index (κ3) is 10.3. The number of hydrazone groups is 1. The van der Waals surface area contributed by atoms with Gasteiger partial charge in [-0.25, -0.2) is 10.2 Å². The first-order valence-electron chi connectivity index (χ1n) is 13.4. The number of nitro groups is 1. The molecule has 206 valence electrons. The van der Waals surface area contributed by atoms with E-state index in [2.05, 4.69) is 22.8 Å². The van der Waals surface area contributed by atoms with Crippen LogP contribution in [0.2, 0.25) is 0 Å². The molecule has 10 heteroatoms. The van der Waals surface area contributed by atoms with Crippen molar-refractivity contribution in [3.63, 3.8) is 0 Å². The monoisotopic (exact) mass is 526 g/mol. The van der Waals surface area contributed by atoms with Crippen molar-refractivity contribution in [3.8, 4) is 17.2 Å². The molecule has 2 amide bonds. The highest BCUT2D eigenvalue weighted by Crippen LogP contribution is 2.23. The highest BCUT2D eigenvalue weighted by molar-refractivity contribution is 5.86. The number of unbranched alkanes of at least 4 members (excludes halogenated alkanes) is 3. The number of hydrogen-bond acceptors (Lipinski definition) is 7. The number of hydrogen-bond donors (Lipinski definition) is 2. The Morgan fingerprint density at radius 3 is 2.34 bits per heavy atom. The molecule has 0 atom stereocenters. The number of nitrogens with one attached hydrogen (secondary N) is 2. The maximum atomic E-state index is 12.1. The zero-order valence-corrected chi connectivity index (χ0v) is 22.0. The molecule has 2 N–H and O–H groups in total. The van der Waals surface area contributed by atoms with Crippen molar-refractivity contribution >= 4 is 17.9 Å². The molecule has 3 rings (SSSR count). The molecule has 0 aromatic heterocycles. The molecule has 0 spiro atoms. The van der Waals surface area contributed by atoms with Crippen LogP contribution in [0.3, 0.4) is 0 Å². The third-order valence-corrected chi connectivity index (χ3v) is 6.21. The second-order valence-corrected chi connectivity index (χ2v) is 9.24. The first-order chi connectivity index (χ1) is 18.5. The van der Waals surface area contributed by atoms with Crippen LogP contribution in [-0.2, 0) is 0 Å². The number of ether oxygens (including phenoxy) is 3. The van der Waals surface area contributed by atoms with Crippen molar-refractivity contribution < 1.29 is 23.9 Å². The topological polar surface area (TPSA) is 124 Å². The quantitative estimate of drug-likeness (QED) is 0.127. The molecule has 0 unspecified atom stereocenters. The van der Waals surface area contributed by atoms with Gasteiger partial charge in [-0.2, -0.15) is 5.10 Å². The zero-order chi connectivity index (χ0) is 27.0. The van der Waals surface area contributed by atoms with Gasteiger partial charge < -0.3 is 19.5 Å². The van der Waals surface area contributed by atoms with Gasteiger partial charge in [-0.15, -0.1) is 0 Å². The van der Waals surface area contributed by atoms with Crippen LogP contribution in [0.4, 0.5) is 10.5 Å². The SMILES string of the molecule is CCCCCCOc1ccc(OCCOc2ccc([N+](=O)[O-])cc2/C=N\NC(=O)NC2CCCCC2)cc1. The summed E-state index contributed by atoms with van der Waals surface area (Å²) in [4.78, 5) is 22.8. The Morgan fingerprint density at radius 2 is 1.66 bits per heavy atom. The first-order valence-corrected chi connectivity index (χ1v) is 13.4. The van der Waals surface area contributed by atoms with E-state index >= 15 is 0 Å². The smallest absolute Gasteiger partial charge is 0.335 e. The Balaban J connectivity index is 1.46. The molecule has 0 saturated heterocycles. The molecule has 0 aliphatic heterocycles. The standard InChI is InChI=1S/C28H38N4O6/c1-2-3-4-8-17-36-25-12-14-26(15-13-25)37-18-19-38-27-16-11-24(32(34)35)20-22(27)21-29-31-28(33)30-23-9-6-5-7-10-23/h11-16,20-21,23H,2-10,17-19H2,1H3,(H2,30,31,33)/b29-21-. The van der Waals surface area contributed by atoms with E-state index in [0.29, 0.717) is 23.7 Å². The van der Waals surface area contributed by atoms with E-state index in [1.54, 1.807) is 0 Å². The molecule has 1 aliphatic rings. The van der Waals surface area contributed by atoms with Crippen molar-refractivity contribution in [2.24, 2.45) is 5.10 Å². The summed E-state index contributed by atoms with van der Waals surface area (Å²) in [6, 6.07) is 11.4. The summed E-state index contributed by atoms with van der Waals surface area (Å²) in [5, 5.41) is 18.1. The van der Waals surface area contributed by atoms with E-state index in [1.165, 1.54) is 50.1 Å². The van der Waals surface area contributed by atoms with E-state index in [4.69, 9.17) is 14.2 Å². The van der Waals surface area contributed by atoms with Crippen molar-refractivity contribution in [2.45, 2.75) is 70.8 Å². The number of nitro benzene ring substituents is 1. The molecule has 1 aliphatic carbocycles. The van der Waals surface area contributed by atoms with Gasteiger partial charge in [0.1, 0.15) is 30.5 Å². The summed E-state index contributed by atoms with van der Waals surface area (Å²) in [6.45, 7) is 3.37. The van der Waals surface area contributed by atoms with Crippen LogP contribution < -0.4 is 25.0 Å². The summed E-state index contributed by atoms with van der Waals surface area (Å²) >= 11 is 0. The molecule has 38 heavy (non-hydrogen) atoms. The minimum absolute atomic E-state index is 0.102. The van der Waals surface area contributed by atoms with Crippen molar-refractivity contribution in [1.29, 1.82) is 0 Å². The average Bonchev–Trinajstić information content (AvgIpc) is 2.92. The van der Waals surface area contributed by atoms with Gasteiger partial charge in [0.25, 0.3) is 5.69 Å². The minimum atomic E-state index is -0.494. The number of rotatable bonds is 15. The lowest BCUT2D eigenvalue weighted by atomic mass is 9.96. The Morgan fingerprint density at radius 1 is 0.974 bits per heavy atom. The van der Waals surface area contributed by atoms with Crippen LogP contribution in [0, 0.1) is 10.1 Å². The Hall–Kier alpha value is -3.82. The fraction of sp³-hybridized carbons (Fsp3) is 0.500. The Labute approximate surface area is 223 Å². The fourth-order valence-electron chi connectivity index (χ4n) is 4.17. The number of carbonyl (C=O) groups is 1. The Bertz CT molecular complexity index is 1040. The maximum absolute atomic E-state index is 12.1. The van der Waals surface area contributed by atoms with Crippen LogP contribution >= 0.6 is 0 Å². The number of benzene rings is 2. The van der Waals surface area contributed by atoms with Gasteiger partial charge in [0, 0.05) is 23.7 Å². The van der Waals surface area contributed by atoms with Gasteiger partial charge in [0.05, 0.1) is 17.7 Å². The predicted molar refractivity (Wildman–Crippen MR) is 146 cm³/mol. The summed E-state index contributed by atoms with van der Waals surface area (Å²) in [7, 11) is 0. The van der Waals surface area contributed by atoms with E-state index in [0.717, 1.165) is 37.9 Å². The van der Waals surface area contributed by atoms with Gasteiger partial charge >= 0.3 is 6.03 Å². The molecular weight excluding hydrogens is 488 g/mol. The van der Waals surface area contributed by atoms with Gasteiger partial charge in [-0.05, 0) is 49.6 Å². The normalized spacial score (nSPS) is 13.7. The van der Waals surface area contributed by atoms with Crippen molar-refractivity contribution in [1.82, 2.24) is 10.7 Å². The molecule has 1 fully saturated rings. The number of urea groups is 1. The van der Waals surface area contributed by atoms with Crippen LogP contribution in [0.15, 0.2) is 47.6 Å².